The molecule has 2 N–H and O–H groups in total. The van der Waals surface area contributed by atoms with Crippen LogP contribution in [0.5, 0.6) is 0 Å². The van der Waals surface area contributed by atoms with E-state index in [1.165, 1.54) is 33.6 Å². The molecule has 0 unspecified atom stereocenters. The lowest BCUT2D eigenvalue weighted by Crippen LogP contribution is -2.34. The minimum absolute atomic E-state index is 0.137. The van der Waals surface area contributed by atoms with Gasteiger partial charge in [0.1, 0.15) is 0 Å². The highest BCUT2D eigenvalue weighted by atomic mass is 32.2. The number of pyridine rings is 1. The van der Waals surface area contributed by atoms with Crippen molar-refractivity contribution in [2.75, 3.05) is 32.7 Å². The van der Waals surface area contributed by atoms with Crippen molar-refractivity contribution >= 4 is 26.8 Å². The summed E-state index contributed by atoms with van der Waals surface area (Å²) in [4.78, 5) is 30.4. The second-order valence-corrected chi connectivity index (χ2v) is 11.2. The van der Waals surface area contributed by atoms with Crippen molar-refractivity contribution in [1.29, 1.82) is 0 Å². The Morgan fingerprint density at radius 2 is 1.77 bits per heavy atom. The van der Waals surface area contributed by atoms with Crippen LogP contribution in [0, 0.1) is 0 Å². The molecule has 5 rings (SSSR count). The molecular formula is C26H30N4O4S. The Hall–Kier alpha value is -3.01. The summed E-state index contributed by atoms with van der Waals surface area (Å²) in [6.45, 7) is 4.25. The molecule has 0 aliphatic carbocycles. The summed E-state index contributed by atoms with van der Waals surface area (Å²) in [7, 11) is -3.63. The molecule has 1 saturated heterocycles. The van der Waals surface area contributed by atoms with Crippen LogP contribution in [0.3, 0.4) is 0 Å². The molecule has 0 radical (unpaired) electrons. The molecule has 3 aromatic rings. The largest absolute Gasteiger partial charge is 0.352 e. The minimum atomic E-state index is -3.63. The first-order valence-electron chi connectivity index (χ1n) is 12.2. The molecular weight excluding hydrogens is 464 g/mol. The molecule has 2 aliphatic rings. The lowest BCUT2D eigenvalue weighted by atomic mass is 10.00. The van der Waals surface area contributed by atoms with E-state index in [1.54, 1.807) is 6.07 Å². The number of nitrogens with zero attached hydrogens (tertiary/aromatic N) is 2. The molecule has 1 amide bonds. The number of carbonyl (C=O) groups is 1. The summed E-state index contributed by atoms with van der Waals surface area (Å²) in [5.74, 6) is -0.374. The fraction of sp³-hybridized carbons (Fsp3) is 0.385. The van der Waals surface area contributed by atoms with Gasteiger partial charge in [-0.3, -0.25) is 14.5 Å². The van der Waals surface area contributed by atoms with Crippen LogP contribution in [-0.2, 0) is 23.0 Å². The van der Waals surface area contributed by atoms with Crippen molar-refractivity contribution in [2.45, 2.75) is 37.1 Å². The van der Waals surface area contributed by atoms with Gasteiger partial charge in [0.25, 0.3) is 5.91 Å². The van der Waals surface area contributed by atoms with Crippen LogP contribution in [-0.4, -0.2) is 61.2 Å². The molecule has 1 fully saturated rings. The minimum Gasteiger partial charge on any atom is -0.352 e. The van der Waals surface area contributed by atoms with Gasteiger partial charge in [-0.05, 0) is 55.0 Å². The first-order chi connectivity index (χ1) is 16.9. The third-order valence-corrected chi connectivity index (χ3v) is 8.80. The third kappa shape index (κ3) is 5.03. The van der Waals surface area contributed by atoms with Gasteiger partial charge < -0.3 is 10.3 Å². The number of benzene rings is 2. The molecule has 8 nitrogen and oxygen atoms in total. The lowest BCUT2D eigenvalue weighted by Gasteiger charge is -2.28. The highest BCUT2D eigenvalue weighted by Crippen LogP contribution is 2.25. The summed E-state index contributed by atoms with van der Waals surface area (Å²) in [5, 5.41) is 3.34. The standard InChI is InChI=1S/C26H30N4O4S/c31-25-17-23(22-16-21(8-9-24(22)28-25)35(33,34)30-13-3-4-14-30)26(32)27-11-5-12-29-15-10-19-6-1-2-7-20(19)18-29/h1-2,6-9,16-17H,3-5,10-15,18H2,(H,27,32)(H,28,31). The van der Waals surface area contributed by atoms with Gasteiger partial charge >= 0.3 is 0 Å². The van der Waals surface area contributed by atoms with E-state index in [-0.39, 0.29) is 16.4 Å². The third-order valence-electron chi connectivity index (χ3n) is 6.91. The van der Waals surface area contributed by atoms with Gasteiger partial charge in [-0.15, -0.1) is 0 Å². The Morgan fingerprint density at radius 1 is 1.00 bits per heavy atom. The van der Waals surface area contributed by atoms with Crippen LogP contribution in [0.4, 0.5) is 0 Å². The van der Waals surface area contributed by atoms with Gasteiger partial charge in [0, 0.05) is 56.2 Å². The van der Waals surface area contributed by atoms with E-state index < -0.39 is 15.6 Å². The maximum Gasteiger partial charge on any atom is 0.252 e. The van der Waals surface area contributed by atoms with Gasteiger partial charge in [0.05, 0.1) is 10.5 Å². The van der Waals surface area contributed by atoms with E-state index >= 15 is 0 Å². The summed E-state index contributed by atoms with van der Waals surface area (Å²) in [6.07, 6.45) is 3.50. The first-order valence-corrected chi connectivity index (χ1v) is 13.6. The molecule has 35 heavy (non-hydrogen) atoms. The number of hydrogen-bond donors (Lipinski definition) is 2. The second kappa shape index (κ2) is 9.93. The number of aromatic amines is 1. The monoisotopic (exact) mass is 494 g/mol. The van der Waals surface area contributed by atoms with Crippen molar-refractivity contribution in [3.63, 3.8) is 0 Å². The van der Waals surface area contributed by atoms with Crippen molar-refractivity contribution in [1.82, 2.24) is 19.5 Å². The Labute approximate surface area is 205 Å². The van der Waals surface area contributed by atoms with E-state index in [0.717, 1.165) is 45.3 Å². The highest BCUT2D eigenvalue weighted by molar-refractivity contribution is 7.89. The van der Waals surface area contributed by atoms with Crippen molar-refractivity contribution in [3.8, 4) is 0 Å². The van der Waals surface area contributed by atoms with Gasteiger partial charge in [0.2, 0.25) is 15.6 Å². The van der Waals surface area contributed by atoms with Crippen molar-refractivity contribution in [2.24, 2.45) is 0 Å². The van der Waals surface area contributed by atoms with Gasteiger partial charge in [-0.2, -0.15) is 4.31 Å². The van der Waals surface area contributed by atoms with Crippen LogP contribution in [0.2, 0.25) is 0 Å². The highest BCUT2D eigenvalue weighted by Gasteiger charge is 2.28. The molecule has 1 aromatic heterocycles. The van der Waals surface area contributed by atoms with Crippen LogP contribution >= 0.6 is 0 Å². The van der Waals surface area contributed by atoms with E-state index in [1.807, 2.05) is 0 Å². The number of sulfonamides is 1. The Balaban J connectivity index is 1.27. The fourth-order valence-electron chi connectivity index (χ4n) is 5.00. The topological polar surface area (TPSA) is 103 Å². The molecule has 0 saturated carbocycles. The summed E-state index contributed by atoms with van der Waals surface area (Å²) in [6, 6.07) is 14.3. The van der Waals surface area contributed by atoms with Gasteiger partial charge in [0.15, 0.2) is 0 Å². The molecule has 2 aliphatic heterocycles. The number of H-pyrrole nitrogens is 1. The molecule has 0 atom stereocenters. The molecule has 184 valence electrons. The van der Waals surface area contributed by atoms with E-state index in [0.29, 0.717) is 30.5 Å². The van der Waals surface area contributed by atoms with E-state index in [2.05, 4.69) is 39.5 Å². The maximum atomic E-state index is 13.0. The van der Waals surface area contributed by atoms with Crippen LogP contribution in [0.15, 0.2) is 58.2 Å². The van der Waals surface area contributed by atoms with E-state index in [9.17, 15) is 18.0 Å². The molecule has 3 heterocycles. The first kappa shape index (κ1) is 23.7. The van der Waals surface area contributed by atoms with Gasteiger partial charge in [-0.1, -0.05) is 24.3 Å². The SMILES string of the molecule is O=C(NCCCN1CCc2ccccc2C1)c1cc(=O)[nH]c2ccc(S(=O)(=O)N3CCCC3)cc12. The number of fused-ring (bicyclic) bond motifs is 2. The van der Waals surface area contributed by atoms with Crippen LogP contribution in [0.25, 0.3) is 10.9 Å². The van der Waals surface area contributed by atoms with Gasteiger partial charge in [-0.25, -0.2) is 8.42 Å². The Morgan fingerprint density at radius 3 is 2.57 bits per heavy atom. The average molecular weight is 495 g/mol. The second-order valence-electron chi connectivity index (χ2n) is 9.27. The predicted molar refractivity (Wildman–Crippen MR) is 135 cm³/mol. The lowest BCUT2D eigenvalue weighted by molar-refractivity contribution is 0.0952. The maximum absolute atomic E-state index is 13.0. The number of carbonyl (C=O) groups excluding carboxylic acids is 1. The van der Waals surface area contributed by atoms with Crippen molar-refractivity contribution in [3.05, 3.63) is 75.6 Å². The molecule has 0 bridgehead atoms. The number of nitrogens with one attached hydrogen (secondary N) is 2. The summed E-state index contributed by atoms with van der Waals surface area (Å²) < 4.78 is 27.5. The summed E-state index contributed by atoms with van der Waals surface area (Å²) in [5.41, 5.74) is 3.00. The predicted octanol–water partition coefficient (Wildman–Crippen LogP) is 2.49. The molecule has 9 heteroatoms. The number of amides is 1. The van der Waals surface area contributed by atoms with Crippen LogP contribution < -0.4 is 10.9 Å². The fourth-order valence-corrected chi connectivity index (χ4v) is 6.55. The zero-order valence-corrected chi connectivity index (χ0v) is 20.4. The zero-order chi connectivity index (χ0) is 24.4. The number of aromatic nitrogens is 1. The Kier molecular flexibility index (Phi) is 6.73. The normalized spacial score (nSPS) is 16.9. The van der Waals surface area contributed by atoms with Crippen molar-refractivity contribution < 1.29 is 13.2 Å². The molecule has 2 aromatic carbocycles. The average Bonchev–Trinajstić information content (AvgIpc) is 3.42. The number of rotatable bonds is 7. The zero-order valence-electron chi connectivity index (χ0n) is 19.6. The van der Waals surface area contributed by atoms with E-state index in [4.69, 9.17) is 0 Å². The quantitative estimate of drug-likeness (QED) is 0.492. The molecule has 0 spiro atoms. The number of hydrogen-bond acceptors (Lipinski definition) is 5. The van der Waals surface area contributed by atoms with Crippen LogP contribution in [0.1, 0.15) is 40.7 Å². The smallest absolute Gasteiger partial charge is 0.252 e. The summed E-state index contributed by atoms with van der Waals surface area (Å²) >= 11 is 0. The Bertz CT molecular complexity index is 1410.